The molecule has 0 fully saturated rings. The van der Waals surface area contributed by atoms with E-state index in [4.69, 9.17) is 16.3 Å². The Hall–Kier alpha value is -3.31. The molecule has 0 saturated heterocycles. The SMILES string of the molecule is CC1=C(C(=O)O)C(c2ccc(Cl)cc2)C(C(=O)OCC=Cc2ccccc2)=C(C)N1. The van der Waals surface area contributed by atoms with Crippen LogP contribution < -0.4 is 5.32 Å². The number of hydrogen-bond donors (Lipinski definition) is 2. The quantitative estimate of drug-likeness (QED) is 0.645. The number of allylic oxidation sites excluding steroid dienone is 2. The molecule has 30 heavy (non-hydrogen) atoms. The second-order valence-corrected chi connectivity index (χ2v) is 7.34. The third-order valence-corrected chi connectivity index (χ3v) is 5.09. The average molecular weight is 424 g/mol. The van der Waals surface area contributed by atoms with Gasteiger partial charge in [0.25, 0.3) is 0 Å². The Kier molecular flexibility index (Phi) is 6.75. The average Bonchev–Trinajstić information content (AvgIpc) is 2.71. The van der Waals surface area contributed by atoms with E-state index in [1.165, 1.54) is 0 Å². The number of dihydropyridines is 1. The maximum atomic E-state index is 12.9. The number of esters is 1. The minimum atomic E-state index is -1.10. The van der Waals surface area contributed by atoms with Crippen molar-refractivity contribution in [2.75, 3.05) is 6.61 Å². The zero-order chi connectivity index (χ0) is 21.7. The molecule has 0 spiro atoms. The lowest BCUT2D eigenvalue weighted by Gasteiger charge is -2.29. The number of carbonyl (C=O) groups excluding carboxylic acids is 1. The van der Waals surface area contributed by atoms with Crippen LogP contribution in [0.25, 0.3) is 6.08 Å². The number of aliphatic carboxylic acids is 1. The Balaban J connectivity index is 1.87. The van der Waals surface area contributed by atoms with E-state index >= 15 is 0 Å². The summed E-state index contributed by atoms with van der Waals surface area (Å²) in [4.78, 5) is 24.9. The molecule has 6 heteroatoms. The highest BCUT2D eigenvalue weighted by Crippen LogP contribution is 2.39. The van der Waals surface area contributed by atoms with E-state index in [2.05, 4.69) is 5.32 Å². The van der Waals surface area contributed by atoms with Gasteiger partial charge in [0.05, 0.1) is 17.1 Å². The monoisotopic (exact) mass is 423 g/mol. The molecule has 0 amide bonds. The Morgan fingerprint density at radius 3 is 2.30 bits per heavy atom. The number of hydrogen-bond acceptors (Lipinski definition) is 4. The van der Waals surface area contributed by atoms with Crippen LogP contribution in [0, 0.1) is 0 Å². The smallest absolute Gasteiger partial charge is 0.337 e. The molecule has 5 nitrogen and oxygen atoms in total. The number of carbonyl (C=O) groups is 2. The van der Waals surface area contributed by atoms with Crippen LogP contribution in [0.5, 0.6) is 0 Å². The predicted molar refractivity (Wildman–Crippen MR) is 117 cm³/mol. The molecule has 2 aromatic rings. The third-order valence-electron chi connectivity index (χ3n) is 4.83. The highest BCUT2D eigenvalue weighted by atomic mass is 35.5. The minimum Gasteiger partial charge on any atom is -0.478 e. The highest BCUT2D eigenvalue weighted by molar-refractivity contribution is 6.30. The van der Waals surface area contributed by atoms with Crippen LogP contribution in [-0.4, -0.2) is 23.7 Å². The maximum Gasteiger partial charge on any atom is 0.337 e. The molecule has 0 saturated carbocycles. The molecule has 1 atom stereocenters. The van der Waals surface area contributed by atoms with E-state index in [1.54, 1.807) is 44.2 Å². The number of rotatable bonds is 6. The Labute approximate surface area is 180 Å². The zero-order valence-corrected chi connectivity index (χ0v) is 17.4. The summed E-state index contributed by atoms with van der Waals surface area (Å²) in [5, 5.41) is 13.3. The van der Waals surface area contributed by atoms with Gasteiger partial charge in [-0.2, -0.15) is 0 Å². The van der Waals surface area contributed by atoms with E-state index in [-0.39, 0.29) is 17.8 Å². The third kappa shape index (κ3) is 4.81. The molecule has 1 aliphatic heterocycles. The second-order valence-electron chi connectivity index (χ2n) is 6.90. The summed E-state index contributed by atoms with van der Waals surface area (Å²) < 4.78 is 5.45. The lowest BCUT2D eigenvalue weighted by molar-refractivity contribution is -0.138. The van der Waals surface area contributed by atoms with E-state index in [0.29, 0.717) is 22.0 Å². The largest absolute Gasteiger partial charge is 0.478 e. The summed E-state index contributed by atoms with van der Waals surface area (Å²) in [7, 11) is 0. The van der Waals surface area contributed by atoms with Crippen molar-refractivity contribution in [1.82, 2.24) is 5.32 Å². The van der Waals surface area contributed by atoms with Crippen molar-refractivity contribution >= 4 is 29.6 Å². The number of halogens is 1. The van der Waals surface area contributed by atoms with Crippen molar-refractivity contribution in [1.29, 1.82) is 0 Å². The van der Waals surface area contributed by atoms with Crippen molar-refractivity contribution in [3.05, 3.63) is 99.4 Å². The van der Waals surface area contributed by atoms with E-state index < -0.39 is 17.9 Å². The topological polar surface area (TPSA) is 75.6 Å². The summed E-state index contributed by atoms with van der Waals surface area (Å²) in [6.45, 7) is 3.49. The lowest BCUT2D eigenvalue weighted by atomic mass is 9.80. The van der Waals surface area contributed by atoms with Crippen LogP contribution in [0.1, 0.15) is 30.9 Å². The molecule has 0 aliphatic carbocycles. The summed E-state index contributed by atoms with van der Waals surface area (Å²) in [5.74, 6) is -2.42. The fraction of sp³-hybridized carbons (Fsp3) is 0.167. The van der Waals surface area contributed by atoms with Gasteiger partial charge in [0.2, 0.25) is 0 Å². The predicted octanol–water partition coefficient (Wildman–Crippen LogP) is 4.92. The second kappa shape index (κ2) is 9.46. The van der Waals surface area contributed by atoms with Crippen LogP contribution in [0.15, 0.2) is 83.2 Å². The number of nitrogens with one attached hydrogen (secondary N) is 1. The van der Waals surface area contributed by atoms with Crippen LogP contribution in [0.3, 0.4) is 0 Å². The van der Waals surface area contributed by atoms with Crippen molar-refractivity contribution in [2.45, 2.75) is 19.8 Å². The maximum absolute atomic E-state index is 12.9. The Morgan fingerprint density at radius 2 is 1.67 bits per heavy atom. The van der Waals surface area contributed by atoms with Gasteiger partial charge in [0, 0.05) is 16.4 Å². The Bertz CT molecular complexity index is 1040. The van der Waals surface area contributed by atoms with Crippen LogP contribution >= 0.6 is 11.6 Å². The van der Waals surface area contributed by atoms with Crippen molar-refractivity contribution in [2.24, 2.45) is 0 Å². The molecule has 0 bridgehead atoms. The van der Waals surface area contributed by atoms with Crippen molar-refractivity contribution in [3.8, 4) is 0 Å². The standard InChI is InChI=1S/C24H22ClNO4/c1-15-20(23(27)28)22(18-10-12-19(25)13-11-18)21(16(2)26-15)24(29)30-14-6-9-17-7-4-3-5-8-17/h3-13,22,26H,14H2,1-2H3,(H,27,28). The Morgan fingerprint density at radius 1 is 1.03 bits per heavy atom. The molecule has 2 N–H and O–H groups in total. The number of carboxylic acid groups (broad SMARTS) is 1. The number of carboxylic acids is 1. The first-order chi connectivity index (χ1) is 14.4. The summed E-state index contributed by atoms with van der Waals surface area (Å²) in [6, 6.07) is 16.5. The van der Waals surface area contributed by atoms with Crippen molar-refractivity contribution < 1.29 is 19.4 Å². The van der Waals surface area contributed by atoms with Gasteiger partial charge in [-0.05, 0) is 43.2 Å². The van der Waals surface area contributed by atoms with E-state index in [0.717, 1.165) is 5.56 Å². The van der Waals surface area contributed by atoms with Gasteiger partial charge in [-0.1, -0.05) is 60.1 Å². The molecule has 0 radical (unpaired) electrons. The minimum absolute atomic E-state index is 0.0724. The van der Waals surface area contributed by atoms with Crippen LogP contribution in [0.2, 0.25) is 5.02 Å². The van der Waals surface area contributed by atoms with Crippen LogP contribution in [0.4, 0.5) is 0 Å². The molecule has 2 aromatic carbocycles. The molecule has 3 rings (SSSR count). The van der Waals surface area contributed by atoms with Crippen LogP contribution in [-0.2, 0) is 14.3 Å². The number of ether oxygens (including phenoxy) is 1. The number of benzene rings is 2. The van der Waals surface area contributed by atoms with E-state index in [1.807, 2.05) is 36.4 Å². The molecule has 0 aromatic heterocycles. The first kappa shape index (κ1) is 21.4. The zero-order valence-electron chi connectivity index (χ0n) is 16.7. The van der Waals surface area contributed by atoms with Gasteiger partial charge in [-0.25, -0.2) is 9.59 Å². The fourth-order valence-electron chi connectivity index (χ4n) is 3.49. The van der Waals surface area contributed by atoms with Gasteiger partial charge in [0.15, 0.2) is 0 Å². The summed E-state index contributed by atoms with van der Waals surface area (Å²) >= 11 is 5.99. The van der Waals surface area contributed by atoms with Crippen molar-refractivity contribution in [3.63, 3.8) is 0 Å². The molecule has 1 unspecified atom stereocenters. The van der Waals surface area contributed by atoms with Gasteiger partial charge in [0.1, 0.15) is 6.61 Å². The van der Waals surface area contributed by atoms with Gasteiger partial charge < -0.3 is 15.2 Å². The summed E-state index contributed by atoms with van der Waals surface area (Å²) in [6.07, 6.45) is 3.60. The molecule has 1 heterocycles. The van der Waals surface area contributed by atoms with Gasteiger partial charge in [-0.3, -0.25) is 0 Å². The molecular weight excluding hydrogens is 402 g/mol. The first-order valence-corrected chi connectivity index (χ1v) is 9.82. The first-order valence-electron chi connectivity index (χ1n) is 9.44. The molecule has 154 valence electrons. The van der Waals surface area contributed by atoms with Gasteiger partial charge in [-0.15, -0.1) is 0 Å². The normalized spacial score (nSPS) is 16.6. The van der Waals surface area contributed by atoms with E-state index in [9.17, 15) is 14.7 Å². The fourth-order valence-corrected chi connectivity index (χ4v) is 3.61. The lowest BCUT2D eigenvalue weighted by Crippen LogP contribution is -2.31. The molecule has 1 aliphatic rings. The highest BCUT2D eigenvalue weighted by Gasteiger charge is 2.37. The molecular formula is C24H22ClNO4. The van der Waals surface area contributed by atoms with Gasteiger partial charge >= 0.3 is 11.9 Å². The summed E-state index contributed by atoms with van der Waals surface area (Å²) in [5.41, 5.74) is 3.08.